The van der Waals surface area contributed by atoms with Crippen molar-refractivity contribution in [3.8, 4) is 17.2 Å². The van der Waals surface area contributed by atoms with Gasteiger partial charge in [0.2, 0.25) is 11.8 Å². The highest BCUT2D eigenvalue weighted by atomic mass is 79.9. The van der Waals surface area contributed by atoms with Gasteiger partial charge in [-0.15, -0.1) is 0 Å². The molecule has 3 fully saturated rings. The van der Waals surface area contributed by atoms with Crippen LogP contribution in [0.1, 0.15) is 35.4 Å². The number of nitrogens with zero attached hydrogens (tertiary/aromatic N) is 2. The van der Waals surface area contributed by atoms with E-state index in [1.807, 2.05) is 67.6 Å². The molecule has 2 aliphatic heterocycles. The van der Waals surface area contributed by atoms with Gasteiger partial charge in [-0.05, 0) is 67.6 Å². The number of imide groups is 2. The number of allylic oxidation sites excluding steroid dienone is 2. The minimum atomic E-state index is -1.53. The highest BCUT2D eigenvalue weighted by molar-refractivity contribution is 9.10. The van der Waals surface area contributed by atoms with Gasteiger partial charge in [-0.3, -0.25) is 29.5 Å². The monoisotopic (exact) mass is 761 g/mol. The van der Waals surface area contributed by atoms with E-state index in [1.165, 1.54) is 31.3 Å². The average molecular weight is 763 g/mol. The van der Waals surface area contributed by atoms with Crippen molar-refractivity contribution in [2.24, 2.45) is 23.7 Å². The van der Waals surface area contributed by atoms with Gasteiger partial charge in [0.1, 0.15) is 17.2 Å². The number of methoxy groups -OCH3 is 2. The fourth-order valence-electron chi connectivity index (χ4n) is 9.12. The lowest BCUT2D eigenvalue weighted by atomic mass is 9.49. The summed E-state index contributed by atoms with van der Waals surface area (Å²) in [6.07, 6.45) is 2.38. The second-order valence-corrected chi connectivity index (χ2v) is 14.8. The second kappa shape index (κ2) is 12.7. The number of phenols is 1. The Bertz CT molecular complexity index is 2130. The zero-order valence-corrected chi connectivity index (χ0v) is 30.3. The molecule has 4 amide bonds. The number of halogens is 1. The third-order valence-electron chi connectivity index (χ3n) is 11.3. The number of aryl methyl sites for hydroxylation is 1. The van der Waals surface area contributed by atoms with E-state index in [4.69, 9.17) is 9.47 Å². The van der Waals surface area contributed by atoms with Crippen LogP contribution >= 0.6 is 15.9 Å². The van der Waals surface area contributed by atoms with Gasteiger partial charge in [0.05, 0.1) is 48.8 Å². The predicted molar refractivity (Wildman–Crippen MR) is 197 cm³/mol. The number of anilines is 2. The van der Waals surface area contributed by atoms with Crippen LogP contribution in [0, 0.1) is 30.6 Å². The first-order valence-corrected chi connectivity index (χ1v) is 17.9. The number of amides is 4. The Hall–Kier alpha value is -5.42. The van der Waals surface area contributed by atoms with Gasteiger partial charge in [-0.25, -0.2) is 0 Å². The highest BCUT2D eigenvalue weighted by Gasteiger charge is 2.71. The van der Waals surface area contributed by atoms with Gasteiger partial charge < -0.3 is 14.6 Å². The van der Waals surface area contributed by atoms with Crippen LogP contribution in [0.15, 0.2) is 107 Å². The molecular weight excluding hydrogens is 726 g/mol. The summed E-state index contributed by atoms with van der Waals surface area (Å²) < 4.78 is 12.6. The van der Waals surface area contributed by atoms with Crippen molar-refractivity contribution in [3.63, 3.8) is 0 Å². The molecule has 6 unspecified atom stereocenters. The van der Waals surface area contributed by atoms with Crippen molar-refractivity contribution in [2.45, 2.75) is 31.1 Å². The Balaban J connectivity index is 1.36. The molecule has 4 aromatic rings. The van der Waals surface area contributed by atoms with Crippen molar-refractivity contribution < 1.29 is 33.8 Å². The van der Waals surface area contributed by atoms with Crippen LogP contribution in [0.25, 0.3) is 0 Å². The smallest absolute Gasteiger partial charge is 0.260 e. The standard InChI is InChI=1S/C41H36BrN3O7/c1-22-9-13-25(14-10-22)43-45-38(48)31-21-30-28(17-18-29-34(30)39(49)44(37(29)47)26-15-11-24(42)12-16-26)36(35-32(51-2)19-27(46)20-33(35)52-3)41(31,40(45)50)23-7-5-4-6-8-23/h4-17,19-20,29-31,34,36,43,46H,18,21H2,1-3H3. The molecule has 1 saturated carbocycles. The summed E-state index contributed by atoms with van der Waals surface area (Å²) in [6, 6.07) is 26.6. The minimum absolute atomic E-state index is 0.106. The molecule has 4 aromatic carbocycles. The number of nitrogens with one attached hydrogen (secondary N) is 1. The van der Waals surface area contributed by atoms with Gasteiger partial charge >= 0.3 is 0 Å². The third-order valence-corrected chi connectivity index (χ3v) is 11.8. The summed E-state index contributed by atoms with van der Waals surface area (Å²) in [5.74, 6) is -4.98. The lowest BCUT2D eigenvalue weighted by Gasteiger charge is -2.51. The van der Waals surface area contributed by atoms with E-state index in [2.05, 4.69) is 21.4 Å². The van der Waals surface area contributed by atoms with Crippen LogP contribution in [0.4, 0.5) is 11.4 Å². The molecule has 4 aliphatic rings. The average Bonchev–Trinajstić information content (AvgIpc) is 3.53. The maximum atomic E-state index is 15.4. The lowest BCUT2D eigenvalue weighted by Crippen LogP contribution is -2.53. The Morgan fingerprint density at radius 1 is 0.827 bits per heavy atom. The van der Waals surface area contributed by atoms with Gasteiger partial charge in [0.15, 0.2) is 0 Å². The van der Waals surface area contributed by atoms with Crippen molar-refractivity contribution in [3.05, 3.63) is 124 Å². The maximum absolute atomic E-state index is 15.4. The fourth-order valence-corrected chi connectivity index (χ4v) is 9.38. The van der Waals surface area contributed by atoms with E-state index in [1.54, 1.807) is 24.3 Å². The second-order valence-electron chi connectivity index (χ2n) is 13.8. The molecule has 2 N–H and O–H groups in total. The molecule has 8 rings (SSSR count). The molecular formula is C41H36BrN3O7. The minimum Gasteiger partial charge on any atom is -0.508 e. The van der Waals surface area contributed by atoms with Crippen molar-refractivity contribution in [2.75, 3.05) is 24.5 Å². The largest absolute Gasteiger partial charge is 0.508 e. The molecule has 264 valence electrons. The van der Waals surface area contributed by atoms with Crippen LogP contribution in [0.3, 0.4) is 0 Å². The molecule has 0 aromatic heterocycles. The van der Waals surface area contributed by atoms with Crippen molar-refractivity contribution in [1.82, 2.24) is 5.01 Å². The molecule has 6 atom stereocenters. The van der Waals surface area contributed by atoms with Gasteiger partial charge in [-0.1, -0.05) is 75.6 Å². The Labute approximate surface area is 309 Å². The fraction of sp³-hybridized carbons (Fsp3) is 0.268. The van der Waals surface area contributed by atoms with E-state index >= 15 is 4.79 Å². The molecule has 2 aliphatic carbocycles. The Kier molecular flexibility index (Phi) is 8.21. The molecule has 10 nitrogen and oxygen atoms in total. The first-order valence-electron chi connectivity index (χ1n) is 17.2. The number of carbonyl (C=O) groups is 4. The maximum Gasteiger partial charge on any atom is 0.260 e. The number of benzene rings is 4. The number of phenolic OH excluding ortho intramolecular Hbond substituents is 1. The Morgan fingerprint density at radius 2 is 1.48 bits per heavy atom. The molecule has 0 spiro atoms. The van der Waals surface area contributed by atoms with Crippen LogP contribution in [-0.2, 0) is 24.6 Å². The number of fused-ring (bicyclic) bond motifs is 4. The van der Waals surface area contributed by atoms with Crippen molar-refractivity contribution >= 4 is 50.9 Å². The zero-order chi connectivity index (χ0) is 36.5. The molecule has 0 bridgehead atoms. The number of hydrazine groups is 1. The zero-order valence-electron chi connectivity index (χ0n) is 28.7. The normalized spacial score (nSPS) is 26.5. The number of aromatic hydroxyl groups is 1. The molecule has 2 saturated heterocycles. The lowest BCUT2D eigenvalue weighted by molar-refractivity contribution is -0.138. The molecule has 2 heterocycles. The Morgan fingerprint density at radius 3 is 2.12 bits per heavy atom. The van der Waals surface area contributed by atoms with E-state index in [0.717, 1.165) is 20.6 Å². The SMILES string of the molecule is COc1cc(O)cc(OC)c1C1C2=CCC3C(=O)N(c4ccc(Br)cc4)C(=O)C3C2CC2C(=O)N(Nc3ccc(C)cc3)C(=O)C21c1ccccc1. The summed E-state index contributed by atoms with van der Waals surface area (Å²) in [5, 5.41) is 11.8. The van der Waals surface area contributed by atoms with Crippen LogP contribution < -0.4 is 19.8 Å². The number of carbonyl (C=O) groups excluding carboxylic acids is 4. The summed E-state index contributed by atoms with van der Waals surface area (Å²) in [4.78, 5) is 60.2. The third kappa shape index (κ3) is 4.89. The predicted octanol–water partition coefficient (Wildman–Crippen LogP) is 6.67. The van der Waals surface area contributed by atoms with E-state index in [9.17, 15) is 19.5 Å². The number of ether oxygens (including phenoxy) is 2. The van der Waals surface area contributed by atoms with E-state index in [-0.39, 0.29) is 41.9 Å². The van der Waals surface area contributed by atoms with E-state index in [0.29, 0.717) is 22.5 Å². The summed E-state index contributed by atoms with van der Waals surface area (Å²) >= 11 is 3.44. The number of hydrogen-bond acceptors (Lipinski definition) is 8. The molecule has 11 heteroatoms. The molecule has 52 heavy (non-hydrogen) atoms. The van der Waals surface area contributed by atoms with Crippen LogP contribution in [0.5, 0.6) is 17.2 Å². The molecule has 0 radical (unpaired) electrons. The first-order chi connectivity index (χ1) is 25.1. The van der Waals surface area contributed by atoms with Crippen LogP contribution in [-0.4, -0.2) is 48.0 Å². The van der Waals surface area contributed by atoms with Crippen LogP contribution in [0.2, 0.25) is 0 Å². The van der Waals surface area contributed by atoms with Gasteiger partial charge in [0, 0.05) is 28.1 Å². The summed E-state index contributed by atoms with van der Waals surface area (Å²) in [5.41, 5.74) is 5.46. The van der Waals surface area contributed by atoms with Crippen molar-refractivity contribution in [1.29, 1.82) is 0 Å². The van der Waals surface area contributed by atoms with Gasteiger partial charge in [-0.2, -0.15) is 5.01 Å². The summed E-state index contributed by atoms with van der Waals surface area (Å²) in [6.45, 7) is 1.95. The van der Waals surface area contributed by atoms with Gasteiger partial charge in [0.25, 0.3) is 11.8 Å². The number of hydrogen-bond donors (Lipinski definition) is 2. The quantitative estimate of drug-likeness (QED) is 0.158. The van der Waals surface area contributed by atoms with E-state index < -0.39 is 46.8 Å². The summed E-state index contributed by atoms with van der Waals surface area (Å²) in [7, 11) is 2.94. The topological polar surface area (TPSA) is 125 Å². The number of rotatable bonds is 7. The first kappa shape index (κ1) is 33.7. The highest BCUT2D eigenvalue weighted by Crippen LogP contribution is 2.66.